The van der Waals surface area contributed by atoms with Crippen molar-refractivity contribution in [2.75, 3.05) is 5.75 Å². The molecule has 0 saturated carbocycles. The number of carboxylic acid groups (broad SMARTS) is 1. The van der Waals surface area contributed by atoms with E-state index in [4.69, 9.17) is 6.48 Å². The molecular formula is C6H11NO3S. The van der Waals surface area contributed by atoms with Crippen molar-refractivity contribution in [1.82, 2.24) is 5.32 Å². The Balaban J connectivity index is 3.95. The lowest BCUT2D eigenvalue weighted by Gasteiger charge is -2.10. The van der Waals surface area contributed by atoms with Crippen LogP contribution in [0.1, 0.15) is 14.7 Å². The molecule has 11 heavy (non-hydrogen) atoms. The van der Waals surface area contributed by atoms with E-state index in [9.17, 15) is 9.59 Å². The lowest BCUT2D eigenvalue weighted by molar-refractivity contribution is -0.141. The van der Waals surface area contributed by atoms with Gasteiger partial charge in [0, 0.05) is 8.27 Å². The van der Waals surface area contributed by atoms with Crippen molar-refractivity contribution in [3.05, 3.63) is 0 Å². The molecule has 0 fully saturated rings. The van der Waals surface area contributed by atoms with Gasteiger partial charge in [-0.3, -0.25) is 4.79 Å². The largest absolute Gasteiger partial charge is 0.480 e. The van der Waals surface area contributed by atoms with Gasteiger partial charge in [0.2, 0.25) is 5.91 Å². The molecule has 0 unspecified atom stereocenters. The highest BCUT2D eigenvalue weighted by Crippen LogP contribution is 1.93. The van der Waals surface area contributed by atoms with Gasteiger partial charge < -0.3 is 10.4 Å². The Labute approximate surface area is 71.8 Å². The number of nitrogens with one attached hydrogen (secondary N) is 1. The molecule has 0 aromatic rings. The Morgan fingerprint density at radius 1 is 1.82 bits per heavy atom. The van der Waals surface area contributed by atoms with E-state index in [1.807, 2.05) is 0 Å². The zero-order chi connectivity index (χ0) is 9.56. The molecule has 0 bridgehead atoms. The Morgan fingerprint density at radius 3 is 2.82 bits per heavy atom. The van der Waals surface area contributed by atoms with Crippen molar-refractivity contribution in [3.8, 4) is 0 Å². The zero-order valence-electron chi connectivity index (χ0n) is 6.91. The predicted molar refractivity (Wildman–Crippen MR) is 43.7 cm³/mol. The monoisotopic (exact) mass is 178 g/mol. The molecule has 64 valence electrons. The quantitative estimate of drug-likeness (QED) is 0.526. The summed E-state index contributed by atoms with van der Waals surface area (Å²) in [7, 11) is 0. The van der Waals surface area contributed by atoms with E-state index >= 15 is 0 Å². The molecule has 0 aromatic carbocycles. The second-order valence-electron chi connectivity index (χ2n) is 1.97. The molecule has 0 heterocycles. The highest BCUT2D eigenvalue weighted by atomic mass is 32.1. The van der Waals surface area contributed by atoms with E-state index < -0.39 is 24.8 Å². The van der Waals surface area contributed by atoms with Crippen molar-refractivity contribution in [2.45, 2.75) is 19.4 Å². The standard InChI is InChI=1S/C6H11NO3S/c1-4(8)7-5(2-3-11)6(9)10/h5,11H,2-3H2,1H3,(H,7,8)(H,9,10)/t5-/m0/s1/i1D. The summed E-state index contributed by atoms with van der Waals surface area (Å²) in [6.45, 7) is -0.448. The van der Waals surface area contributed by atoms with Crippen LogP contribution in [-0.2, 0) is 9.59 Å². The van der Waals surface area contributed by atoms with Crippen LogP contribution in [0.15, 0.2) is 0 Å². The number of hydrogen-bond acceptors (Lipinski definition) is 3. The van der Waals surface area contributed by atoms with Gasteiger partial charge in [-0.1, -0.05) is 0 Å². The van der Waals surface area contributed by atoms with Crippen LogP contribution in [0.5, 0.6) is 0 Å². The average Bonchev–Trinajstić information content (AvgIpc) is 2.03. The molecule has 0 aromatic heterocycles. The highest BCUT2D eigenvalue weighted by Gasteiger charge is 2.16. The van der Waals surface area contributed by atoms with E-state index in [1.54, 1.807) is 0 Å². The number of hydrogen-bond donors (Lipinski definition) is 3. The summed E-state index contributed by atoms with van der Waals surface area (Å²) in [6.07, 6.45) is 0.268. The summed E-state index contributed by atoms with van der Waals surface area (Å²) in [4.78, 5) is 21.0. The number of thiol groups is 1. The van der Waals surface area contributed by atoms with Crippen LogP contribution in [-0.4, -0.2) is 28.8 Å². The SMILES string of the molecule is [2H]CC(=O)N[C@@H](CCS)C(=O)O. The maximum atomic E-state index is 10.6. The first-order chi connectivity index (χ1) is 5.61. The Bertz CT molecular complexity index is 174. The van der Waals surface area contributed by atoms with Crippen molar-refractivity contribution in [2.24, 2.45) is 0 Å². The maximum absolute atomic E-state index is 10.6. The highest BCUT2D eigenvalue weighted by molar-refractivity contribution is 7.80. The first kappa shape index (κ1) is 8.39. The number of rotatable bonds is 4. The van der Waals surface area contributed by atoms with Crippen LogP contribution in [0.3, 0.4) is 0 Å². The second-order valence-corrected chi connectivity index (χ2v) is 2.42. The van der Waals surface area contributed by atoms with Crippen LogP contribution in [0.2, 0.25) is 0 Å². The van der Waals surface area contributed by atoms with Gasteiger partial charge in [-0.15, -0.1) is 0 Å². The van der Waals surface area contributed by atoms with Gasteiger partial charge in [-0.05, 0) is 12.2 Å². The molecule has 2 N–H and O–H groups in total. The first-order valence-electron chi connectivity index (χ1n) is 3.74. The molecule has 0 saturated heterocycles. The molecule has 0 radical (unpaired) electrons. The van der Waals surface area contributed by atoms with E-state index in [0.29, 0.717) is 5.75 Å². The minimum atomic E-state index is -1.09. The van der Waals surface area contributed by atoms with Gasteiger partial charge in [0.05, 0.1) is 0 Å². The van der Waals surface area contributed by atoms with Gasteiger partial charge in [0.25, 0.3) is 0 Å². The van der Waals surface area contributed by atoms with Crippen molar-refractivity contribution in [3.63, 3.8) is 0 Å². The third-order valence-electron chi connectivity index (χ3n) is 1.05. The summed E-state index contributed by atoms with van der Waals surface area (Å²) in [5.41, 5.74) is 0. The molecule has 4 nitrogen and oxygen atoms in total. The van der Waals surface area contributed by atoms with Crippen molar-refractivity contribution in [1.29, 1.82) is 0 Å². The molecule has 5 heteroatoms. The van der Waals surface area contributed by atoms with Crippen molar-refractivity contribution >= 4 is 24.5 Å². The van der Waals surface area contributed by atoms with E-state index in [-0.39, 0.29) is 6.42 Å². The summed E-state index contributed by atoms with van der Waals surface area (Å²) in [5.74, 6) is -1.29. The molecule has 0 aliphatic carbocycles. The topological polar surface area (TPSA) is 66.4 Å². The van der Waals surface area contributed by atoms with E-state index in [0.717, 1.165) is 0 Å². The van der Waals surface area contributed by atoms with Crippen LogP contribution >= 0.6 is 12.6 Å². The number of carbonyl (C=O) groups is 2. The molecule has 1 amide bonds. The fourth-order valence-electron chi connectivity index (χ4n) is 0.581. The van der Waals surface area contributed by atoms with Crippen LogP contribution in [0, 0.1) is 0 Å². The van der Waals surface area contributed by atoms with E-state index in [1.165, 1.54) is 0 Å². The lowest BCUT2D eigenvalue weighted by Crippen LogP contribution is -2.39. The smallest absolute Gasteiger partial charge is 0.326 e. The summed E-state index contributed by atoms with van der Waals surface area (Å²) in [5, 5.41) is 10.7. The molecule has 0 aliphatic rings. The van der Waals surface area contributed by atoms with E-state index in [2.05, 4.69) is 17.9 Å². The third kappa shape index (κ3) is 4.66. The number of carboxylic acids is 1. The predicted octanol–water partition coefficient (Wildman–Crippen LogP) is -0.104. The first-order valence-corrected chi connectivity index (χ1v) is 3.67. The third-order valence-corrected chi connectivity index (χ3v) is 1.31. The minimum Gasteiger partial charge on any atom is -0.480 e. The average molecular weight is 178 g/mol. The van der Waals surface area contributed by atoms with Crippen LogP contribution in [0.4, 0.5) is 0 Å². The molecular weight excluding hydrogens is 166 g/mol. The van der Waals surface area contributed by atoms with Crippen LogP contribution < -0.4 is 5.32 Å². The zero-order valence-corrected chi connectivity index (χ0v) is 6.80. The Kier molecular flexibility index (Phi) is 3.82. The molecule has 1 atom stereocenters. The van der Waals surface area contributed by atoms with Gasteiger partial charge in [-0.25, -0.2) is 4.79 Å². The number of carbonyl (C=O) groups excluding carboxylic acids is 1. The molecule has 0 spiro atoms. The summed E-state index contributed by atoms with van der Waals surface area (Å²) in [6, 6.07) is -0.916. The Hall–Kier alpha value is -0.710. The van der Waals surface area contributed by atoms with Gasteiger partial charge in [-0.2, -0.15) is 12.6 Å². The normalized spacial score (nSPS) is 13.4. The lowest BCUT2D eigenvalue weighted by atomic mass is 10.2. The fraction of sp³-hybridized carbons (Fsp3) is 0.667. The van der Waals surface area contributed by atoms with Crippen LogP contribution in [0.25, 0.3) is 0 Å². The minimum absolute atomic E-state index is 0.268. The molecule has 0 rings (SSSR count). The van der Waals surface area contributed by atoms with Gasteiger partial charge in [0.1, 0.15) is 6.04 Å². The Morgan fingerprint density at radius 2 is 2.45 bits per heavy atom. The fourth-order valence-corrected chi connectivity index (χ4v) is 0.839. The van der Waals surface area contributed by atoms with Gasteiger partial charge in [0.15, 0.2) is 0 Å². The summed E-state index contributed by atoms with van der Waals surface area (Å²) >= 11 is 3.84. The maximum Gasteiger partial charge on any atom is 0.326 e. The van der Waals surface area contributed by atoms with Crippen molar-refractivity contribution < 1.29 is 16.1 Å². The second kappa shape index (κ2) is 5.01. The van der Waals surface area contributed by atoms with Gasteiger partial charge >= 0.3 is 5.97 Å². The number of amides is 1. The number of aliphatic carboxylic acids is 1. The summed E-state index contributed by atoms with van der Waals surface area (Å²) < 4.78 is 6.65. The molecule has 0 aliphatic heterocycles.